The number of ether oxygens (including phenoxy) is 2. The van der Waals surface area contributed by atoms with Crippen molar-refractivity contribution in [1.82, 2.24) is 5.32 Å². The van der Waals surface area contributed by atoms with Crippen LogP contribution >= 0.6 is 0 Å². The number of carbonyl (C=O) groups excluding carboxylic acids is 1. The zero-order valence-corrected chi connectivity index (χ0v) is 20.4. The van der Waals surface area contributed by atoms with E-state index in [1.807, 2.05) is 45.0 Å². The predicted molar refractivity (Wildman–Crippen MR) is 132 cm³/mol. The second-order valence-corrected chi connectivity index (χ2v) is 9.58. The Kier molecular flexibility index (Phi) is 8.67. The second kappa shape index (κ2) is 11.7. The number of anilines is 1. The highest BCUT2D eigenvalue weighted by Gasteiger charge is 2.16. The average molecular weight is 483 g/mol. The molecule has 7 nitrogen and oxygen atoms in total. The highest BCUT2D eigenvalue weighted by atomic mass is 32.2. The van der Waals surface area contributed by atoms with Crippen LogP contribution in [-0.2, 0) is 27.9 Å². The van der Waals surface area contributed by atoms with E-state index in [2.05, 4.69) is 10.0 Å². The molecule has 0 spiro atoms. The minimum Gasteiger partial charge on any atom is -0.494 e. The first-order chi connectivity index (χ1) is 16.3. The molecule has 3 rings (SSSR count). The van der Waals surface area contributed by atoms with Gasteiger partial charge in [0.25, 0.3) is 15.9 Å². The van der Waals surface area contributed by atoms with E-state index in [0.717, 1.165) is 11.1 Å². The maximum absolute atomic E-state index is 12.7. The van der Waals surface area contributed by atoms with Crippen molar-refractivity contribution >= 4 is 21.6 Å². The number of amides is 1. The molecule has 2 N–H and O–H groups in total. The van der Waals surface area contributed by atoms with E-state index in [4.69, 9.17) is 9.47 Å². The molecule has 0 aliphatic carbocycles. The van der Waals surface area contributed by atoms with Crippen LogP contribution in [-0.4, -0.2) is 27.0 Å². The van der Waals surface area contributed by atoms with Crippen molar-refractivity contribution in [3.8, 4) is 5.75 Å². The molecular formula is C26H30N2O5S. The molecule has 0 unspecified atom stereocenters. The Labute approximate surface area is 201 Å². The van der Waals surface area contributed by atoms with E-state index in [9.17, 15) is 13.2 Å². The van der Waals surface area contributed by atoms with E-state index in [1.165, 1.54) is 24.3 Å². The van der Waals surface area contributed by atoms with Crippen LogP contribution < -0.4 is 14.8 Å². The van der Waals surface area contributed by atoms with Crippen LogP contribution in [0.5, 0.6) is 5.75 Å². The fourth-order valence-electron chi connectivity index (χ4n) is 3.19. The number of sulfonamides is 1. The molecule has 0 aliphatic heterocycles. The van der Waals surface area contributed by atoms with Crippen LogP contribution in [0.4, 0.5) is 5.69 Å². The van der Waals surface area contributed by atoms with Gasteiger partial charge < -0.3 is 14.8 Å². The Morgan fingerprint density at radius 1 is 0.912 bits per heavy atom. The molecule has 3 aromatic rings. The lowest BCUT2D eigenvalue weighted by molar-refractivity contribution is 0.0651. The Balaban J connectivity index is 1.62. The number of hydrogen-bond donors (Lipinski definition) is 2. The fourth-order valence-corrected chi connectivity index (χ4v) is 4.25. The summed E-state index contributed by atoms with van der Waals surface area (Å²) in [5, 5.41) is 2.89. The van der Waals surface area contributed by atoms with Crippen LogP contribution in [0.1, 0.15) is 42.3 Å². The number of carbonyl (C=O) groups is 1. The molecule has 1 amide bonds. The summed E-state index contributed by atoms with van der Waals surface area (Å²) in [4.78, 5) is 12.7. The van der Waals surface area contributed by atoms with Gasteiger partial charge in [-0.2, -0.15) is 0 Å². The molecule has 0 bridgehead atoms. The molecule has 3 aromatic carbocycles. The first-order valence-corrected chi connectivity index (χ1v) is 12.6. The first kappa shape index (κ1) is 25.3. The van der Waals surface area contributed by atoms with Crippen LogP contribution in [0.15, 0.2) is 77.7 Å². The van der Waals surface area contributed by atoms with Crippen LogP contribution in [0, 0.1) is 0 Å². The van der Waals surface area contributed by atoms with E-state index < -0.39 is 10.0 Å². The number of rotatable bonds is 11. The molecule has 0 aromatic heterocycles. The zero-order chi connectivity index (χ0) is 24.6. The number of benzene rings is 3. The minimum atomic E-state index is -3.79. The van der Waals surface area contributed by atoms with Crippen LogP contribution in [0.3, 0.4) is 0 Å². The topological polar surface area (TPSA) is 93.7 Å². The summed E-state index contributed by atoms with van der Waals surface area (Å²) in [6, 6.07) is 20.2. The van der Waals surface area contributed by atoms with Crippen molar-refractivity contribution in [2.24, 2.45) is 0 Å². The fraction of sp³-hybridized carbons (Fsp3) is 0.269. The quantitative estimate of drug-likeness (QED) is 0.412. The Hall–Kier alpha value is -3.36. The van der Waals surface area contributed by atoms with Gasteiger partial charge >= 0.3 is 0 Å². The third-order valence-corrected chi connectivity index (χ3v) is 6.37. The third kappa shape index (κ3) is 7.07. The smallest absolute Gasteiger partial charge is 0.261 e. The molecule has 0 saturated heterocycles. The second-order valence-electron chi connectivity index (χ2n) is 7.90. The first-order valence-electron chi connectivity index (χ1n) is 11.1. The van der Waals surface area contributed by atoms with Gasteiger partial charge in [-0.15, -0.1) is 0 Å². The monoisotopic (exact) mass is 482 g/mol. The minimum absolute atomic E-state index is 0.0640. The number of hydrogen-bond acceptors (Lipinski definition) is 5. The van der Waals surface area contributed by atoms with Gasteiger partial charge in [-0.25, -0.2) is 8.42 Å². The van der Waals surface area contributed by atoms with Gasteiger partial charge in [-0.3, -0.25) is 9.52 Å². The zero-order valence-electron chi connectivity index (χ0n) is 19.6. The molecule has 0 radical (unpaired) electrons. The van der Waals surface area contributed by atoms with Gasteiger partial charge in [0.1, 0.15) is 5.75 Å². The van der Waals surface area contributed by atoms with Gasteiger partial charge in [0.2, 0.25) is 0 Å². The maximum atomic E-state index is 12.7. The van der Waals surface area contributed by atoms with E-state index >= 15 is 0 Å². The third-order valence-electron chi connectivity index (χ3n) is 4.97. The Morgan fingerprint density at radius 2 is 1.56 bits per heavy atom. The van der Waals surface area contributed by atoms with Gasteiger partial charge in [-0.05, 0) is 80.4 Å². The number of nitrogens with one attached hydrogen (secondary N) is 2. The van der Waals surface area contributed by atoms with Crippen LogP contribution in [0.2, 0.25) is 0 Å². The summed E-state index contributed by atoms with van der Waals surface area (Å²) in [7, 11) is -3.79. The van der Waals surface area contributed by atoms with Crippen molar-refractivity contribution in [2.75, 3.05) is 11.3 Å². The van der Waals surface area contributed by atoms with Gasteiger partial charge in [0, 0.05) is 17.8 Å². The van der Waals surface area contributed by atoms with E-state index in [1.54, 1.807) is 24.3 Å². The maximum Gasteiger partial charge on any atom is 0.261 e. The lowest BCUT2D eigenvalue weighted by Gasteiger charge is -2.13. The SMILES string of the molecule is CCOc1ccc(NS(=O)(=O)c2ccc(C(=O)NCc3ccccc3COC(C)C)cc2)cc1. The summed E-state index contributed by atoms with van der Waals surface area (Å²) in [5.74, 6) is 0.374. The summed E-state index contributed by atoms with van der Waals surface area (Å²) in [6.07, 6.45) is 0.112. The summed E-state index contributed by atoms with van der Waals surface area (Å²) < 4.78 is 39.0. The molecular weight excluding hydrogens is 452 g/mol. The standard InChI is InChI=1S/C26H30N2O5S/c1-4-32-24-13-11-23(12-14-24)28-34(30,31)25-15-9-20(10-16-25)26(29)27-17-21-7-5-6-8-22(21)18-33-19(2)3/h5-16,19,28H,4,17-18H2,1-3H3,(H,27,29). The molecule has 0 aliphatic rings. The van der Waals surface area contributed by atoms with Crippen molar-refractivity contribution < 1.29 is 22.7 Å². The van der Waals surface area contributed by atoms with Crippen molar-refractivity contribution in [2.45, 2.75) is 44.9 Å². The molecule has 0 heterocycles. The lowest BCUT2D eigenvalue weighted by Crippen LogP contribution is -2.23. The summed E-state index contributed by atoms with van der Waals surface area (Å²) in [5.41, 5.74) is 2.77. The Morgan fingerprint density at radius 3 is 2.18 bits per heavy atom. The van der Waals surface area contributed by atoms with E-state index in [-0.39, 0.29) is 16.9 Å². The molecule has 8 heteroatoms. The van der Waals surface area contributed by atoms with Crippen molar-refractivity contribution in [3.05, 3.63) is 89.5 Å². The molecule has 0 atom stereocenters. The molecule has 0 fully saturated rings. The van der Waals surface area contributed by atoms with Gasteiger partial charge in [-0.1, -0.05) is 24.3 Å². The van der Waals surface area contributed by atoms with E-state index in [0.29, 0.717) is 36.8 Å². The summed E-state index contributed by atoms with van der Waals surface area (Å²) in [6.45, 7) is 7.17. The normalized spacial score (nSPS) is 11.3. The molecule has 34 heavy (non-hydrogen) atoms. The highest BCUT2D eigenvalue weighted by Crippen LogP contribution is 2.20. The van der Waals surface area contributed by atoms with Gasteiger partial charge in [0.05, 0.1) is 24.2 Å². The van der Waals surface area contributed by atoms with Crippen molar-refractivity contribution in [1.29, 1.82) is 0 Å². The summed E-state index contributed by atoms with van der Waals surface area (Å²) >= 11 is 0. The lowest BCUT2D eigenvalue weighted by atomic mass is 10.1. The average Bonchev–Trinajstić information content (AvgIpc) is 2.83. The van der Waals surface area contributed by atoms with Gasteiger partial charge in [0.15, 0.2) is 0 Å². The molecule has 0 saturated carbocycles. The van der Waals surface area contributed by atoms with Crippen molar-refractivity contribution in [3.63, 3.8) is 0 Å². The molecule has 180 valence electrons. The Bertz CT molecular complexity index is 1190. The highest BCUT2D eigenvalue weighted by molar-refractivity contribution is 7.92. The van der Waals surface area contributed by atoms with Crippen LogP contribution in [0.25, 0.3) is 0 Å². The predicted octanol–water partition coefficient (Wildman–Crippen LogP) is 4.74. The largest absolute Gasteiger partial charge is 0.494 e.